The van der Waals surface area contributed by atoms with Crippen molar-refractivity contribution in [2.45, 2.75) is 59.0 Å². The molecule has 1 aromatic carbocycles. The normalized spacial score (nSPS) is 16.2. The Balaban J connectivity index is 1.71. The number of alkyl halides is 3. The summed E-state index contributed by atoms with van der Waals surface area (Å²) in [6.07, 6.45) is -1.30. The van der Waals surface area contributed by atoms with Crippen molar-refractivity contribution in [1.82, 2.24) is 24.6 Å². The number of fused-ring (bicyclic) bond motifs is 2. The lowest BCUT2D eigenvalue weighted by Gasteiger charge is -2.35. The van der Waals surface area contributed by atoms with E-state index in [9.17, 15) is 18.0 Å². The number of hydrogen-bond acceptors (Lipinski definition) is 4. The number of H-pyrrole nitrogens is 1. The Morgan fingerprint density at radius 3 is 2.46 bits per heavy atom. The largest absolute Gasteiger partial charge is 0.444 e. The fraction of sp³-hybridized carbons (Fsp3) is 0.370. The molecule has 1 atom stereocenters. The molecule has 0 fully saturated rings. The Kier molecular flexibility index (Phi) is 5.80. The Hall–Kier alpha value is -3.82. The summed E-state index contributed by atoms with van der Waals surface area (Å²) in [4.78, 5) is 22.3. The van der Waals surface area contributed by atoms with Gasteiger partial charge in [0.05, 0.1) is 23.8 Å². The van der Waals surface area contributed by atoms with Gasteiger partial charge < -0.3 is 9.72 Å². The second-order valence-electron chi connectivity index (χ2n) is 10.3. The lowest BCUT2D eigenvalue weighted by molar-refractivity contribution is -0.137. The first kappa shape index (κ1) is 24.9. The number of nitrogens with one attached hydrogen (secondary N) is 1. The number of rotatable bonds is 2. The van der Waals surface area contributed by atoms with E-state index >= 15 is 0 Å². The Bertz CT molecular complexity index is 1480. The van der Waals surface area contributed by atoms with E-state index < -0.39 is 29.5 Å². The molecule has 1 aliphatic rings. The molecule has 1 aliphatic heterocycles. The average molecular weight is 512 g/mol. The first-order valence-corrected chi connectivity index (χ1v) is 12.1. The molecule has 5 rings (SSSR count). The van der Waals surface area contributed by atoms with E-state index in [1.54, 1.807) is 11.1 Å². The fourth-order valence-electron chi connectivity index (χ4n) is 4.90. The molecule has 37 heavy (non-hydrogen) atoms. The van der Waals surface area contributed by atoms with Crippen molar-refractivity contribution in [2.24, 2.45) is 0 Å². The number of hydrogen-bond donors (Lipinski definition) is 1. The number of carbonyl (C=O) groups excluding carboxylic acids is 1. The summed E-state index contributed by atoms with van der Waals surface area (Å²) in [6, 6.07) is 6.51. The predicted molar refractivity (Wildman–Crippen MR) is 134 cm³/mol. The van der Waals surface area contributed by atoms with Crippen LogP contribution in [0.5, 0.6) is 0 Å². The van der Waals surface area contributed by atoms with E-state index in [0.29, 0.717) is 30.0 Å². The number of nitrogens with zero attached hydrogens (tertiary/aromatic N) is 4. The second kappa shape index (κ2) is 8.64. The number of amides is 1. The van der Waals surface area contributed by atoms with Crippen LogP contribution in [0.25, 0.3) is 33.4 Å². The van der Waals surface area contributed by atoms with E-state index in [1.807, 2.05) is 51.6 Å². The maximum absolute atomic E-state index is 13.2. The van der Waals surface area contributed by atoms with Crippen molar-refractivity contribution in [3.63, 3.8) is 0 Å². The van der Waals surface area contributed by atoms with Gasteiger partial charge in [-0.1, -0.05) is 12.1 Å². The topological polar surface area (TPSA) is 76.0 Å². The molecule has 0 spiro atoms. The number of benzene rings is 1. The van der Waals surface area contributed by atoms with Crippen molar-refractivity contribution >= 4 is 17.1 Å². The molecule has 0 saturated carbocycles. The van der Waals surface area contributed by atoms with Gasteiger partial charge in [0.15, 0.2) is 0 Å². The lowest BCUT2D eigenvalue weighted by atomic mass is 9.93. The lowest BCUT2D eigenvalue weighted by Crippen LogP contribution is -2.43. The predicted octanol–water partition coefficient (Wildman–Crippen LogP) is 6.73. The second-order valence-corrected chi connectivity index (χ2v) is 10.3. The van der Waals surface area contributed by atoms with Crippen LogP contribution in [-0.4, -0.2) is 42.9 Å². The zero-order chi connectivity index (χ0) is 26.7. The molecule has 0 bridgehead atoms. The number of pyridine rings is 1. The molecule has 1 unspecified atom stereocenters. The zero-order valence-corrected chi connectivity index (χ0v) is 21.3. The highest BCUT2D eigenvalue weighted by atomic mass is 19.4. The summed E-state index contributed by atoms with van der Waals surface area (Å²) in [5.74, 6) is 0. The Morgan fingerprint density at radius 2 is 1.81 bits per heavy atom. The third kappa shape index (κ3) is 4.45. The molecule has 4 aromatic rings. The molecule has 3 aromatic heterocycles. The van der Waals surface area contributed by atoms with Crippen molar-refractivity contribution in [2.75, 3.05) is 6.54 Å². The molecular weight excluding hydrogens is 483 g/mol. The van der Waals surface area contributed by atoms with Crippen molar-refractivity contribution in [3.8, 4) is 22.4 Å². The minimum atomic E-state index is -4.43. The summed E-state index contributed by atoms with van der Waals surface area (Å²) in [6.45, 7) is 10.2. The molecule has 0 radical (unpaired) electrons. The number of halogens is 3. The van der Waals surface area contributed by atoms with Crippen molar-refractivity contribution in [3.05, 3.63) is 59.5 Å². The van der Waals surface area contributed by atoms with E-state index in [1.165, 1.54) is 12.1 Å². The smallest absolute Gasteiger partial charge is 0.416 e. The number of aromatic nitrogens is 4. The molecule has 10 heteroatoms. The van der Waals surface area contributed by atoms with Crippen LogP contribution in [0.2, 0.25) is 0 Å². The number of ether oxygens (including phenoxy) is 1. The van der Waals surface area contributed by atoms with Gasteiger partial charge in [0.25, 0.3) is 0 Å². The van der Waals surface area contributed by atoms with Gasteiger partial charge in [-0.25, -0.2) is 9.78 Å². The fourth-order valence-corrected chi connectivity index (χ4v) is 4.90. The third-order valence-corrected chi connectivity index (χ3v) is 6.56. The summed E-state index contributed by atoms with van der Waals surface area (Å²) in [5, 5.41) is 5.75. The highest BCUT2D eigenvalue weighted by Crippen LogP contribution is 2.44. The van der Waals surface area contributed by atoms with E-state index in [0.717, 1.165) is 39.9 Å². The first-order valence-electron chi connectivity index (χ1n) is 12.1. The number of aryl methyl sites for hydroxylation is 1. The summed E-state index contributed by atoms with van der Waals surface area (Å²) in [7, 11) is 0. The van der Waals surface area contributed by atoms with E-state index in [2.05, 4.69) is 9.97 Å². The Morgan fingerprint density at radius 1 is 1.11 bits per heavy atom. The van der Waals surface area contributed by atoms with E-state index in [-0.39, 0.29) is 0 Å². The summed E-state index contributed by atoms with van der Waals surface area (Å²) >= 11 is 0. The van der Waals surface area contributed by atoms with Gasteiger partial charge in [0.1, 0.15) is 16.9 Å². The standard InChI is InChI=1S/C27H28F3N5O2/c1-15-14-32-24-20(15)19(10-11-31-24)21-22(17-6-8-18(9-7-17)27(28,29)30)33-35-13-12-34(16(2)23(21)35)25(36)37-26(3,4)5/h6-11,14,16H,12-13H2,1-5H3,(H,31,32). The van der Waals surface area contributed by atoms with Gasteiger partial charge in [-0.05, 0) is 63.9 Å². The molecule has 1 amide bonds. The molecule has 7 nitrogen and oxygen atoms in total. The molecule has 194 valence electrons. The molecule has 4 heterocycles. The van der Waals surface area contributed by atoms with Gasteiger partial charge in [-0.2, -0.15) is 18.3 Å². The van der Waals surface area contributed by atoms with Gasteiger partial charge in [-0.3, -0.25) is 9.58 Å². The molecule has 0 aliphatic carbocycles. The zero-order valence-electron chi connectivity index (χ0n) is 21.3. The van der Waals surface area contributed by atoms with Crippen molar-refractivity contribution < 1.29 is 22.7 Å². The van der Waals surface area contributed by atoms with Crippen LogP contribution >= 0.6 is 0 Å². The summed E-state index contributed by atoms with van der Waals surface area (Å²) in [5.41, 5.74) is 3.80. The van der Waals surface area contributed by atoms with Gasteiger partial charge >= 0.3 is 12.3 Å². The molecule has 0 saturated heterocycles. The van der Waals surface area contributed by atoms with Gasteiger partial charge in [-0.15, -0.1) is 0 Å². The van der Waals surface area contributed by atoms with Crippen LogP contribution in [0.1, 0.15) is 50.6 Å². The minimum Gasteiger partial charge on any atom is -0.444 e. The number of aromatic amines is 1. The van der Waals surface area contributed by atoms with Gasteiger partial charge in [0, 0.05) is 35.5 Å². The van der Waals surface area contributed by atoms with Crippen LogP contribution in [0.4, 0.5) is 18.0 Å². The third-order valence-electron chi connectivity index (χ3n) is 6.56. The van der Waals surface area contributed by atoms with E-state index in [4.69, 9.17) is 9.84 Å². The van der Waals surface area contributed by atoms with Crippen LogP contribution < -0.4 is 0 Å². The average Bonchev–Trinajstić information content (AvgIpc) is 3.39. The molecule has 1 N–H and O–H groups in total. The minimum absolute atomic E-state index is 0.392. The monoisotopic (exact) mass is 511 g/mol. The van der Waals surface area contributed by atoms with Crippen LogP contribution in [0.15, 0.2) is 42.7 Å². The maximum Gasteiger partial charge on any atom is 0.416 e. The van der Waals surface area contributed by atoms with Gasteiger partial charge in [0.2, 0.25) is 0 Å². The SMILES string of the molecule is Cc1c[nH]c2nccc(-c3c(-c4ccc(C(F)(F)F)cc4)nn4c3C(C)N(C(=O)OC(C)(C)C)CC4)c12. The highest BCUT2D eigenvalue weighted by molar-refractivity contribution is 6.00. The van der Waals surface area contributed by atoms with Crippen LogP contribution in [-0.2, 0) is 17.5 Å². The summed E-state index contributed by atoms with van der Waals surface area (Å²) < 4.78 is 47.2. The quantitative estimate of drug-likeness (QED) is 0.324. The molecular formula is C27H28F3N5O2. The van der Waals surface area contributed by atoms with Crippen LogP contribution in [0, 0.1) is 6.92 Å². The maximum atomic E-state index is 13.2. The Labute approximate surface area is 212 Å². The first-order chi connectivity index (χ1) is 17.3. The number of carbonyl (C=O) groups is 1. The highest BCUT2D eigenvalue weighted by Gasteiger charge is 2.37. The van der Waals surface area contributed by atoms with Crippen molar-refractivity contribution in [1.29, 1.82) is 0 Å². The van der Waals surface area contributed by atoms with Crippen LogP contribution in [0.3, 0.4) is 0 Å².